The first kappa shape index (κ1) is 35.0. The molecule has 0 spiro atoms. The number of phenolic OH excluding ortho intramolecular Hbond substituents is 1. The molecule has 0 saturated heterocycles. The summed E-state index contributed by atoms with van der Waals surface area (Å²) in [6, 6.07) is 4.53. The molecule has 224 valence electrons. The summed E-state index contributed by atoms with van der Waals surface area (Å²) in [6.45, 7) is 15.5. The van der Waals surface area contributed by atoms with E-state index in [-0.39, 0.29) is 10.8 Å². The van der Waals surface area contributed by atoms with E-state index in [1.54, 1.807) is 0 Å². The van der Waals surface area contributed by atoms with Gasteiger partial charge < -0.3 is 5.11 Å². The maximum Gasteiger partial charge on any atom is 0.123 e. The molecule has 0 saturated carbocycles. The Morgan fingerprint density at radius 2 is 1.08 bits per heavy atom. The molecule has 0 atom stereocenters. The summed E-state index contributed by atoms with van der Waals surface area (Å²) in [7, 11) is 3.93. The molecule has 4 heteroatoms. The number of benzene rings is 1. The second kappa shape index (κ2) is 18.4. The second-order valence-corrected chi connectivity index (χ2v) is 17.4. The van der Waals surface area contributed by atoms with Crippen molar-refractivity contribution >= 4 is 38.9 Å². The predicted molar refractivity (Wildman–Crippen MR) is 184 cm³/mol. The van der Waals surface area contributed by atoms with Crippen molar-refractivity contribution in [2.75, 3.05) is 11.5 Å². The maximum atomic E-state index is 11.1. The molecule has 0 radical (unpaired) electrons. The Kier molecular flexibility index (Phi) is 16.5. The topological polar surface area (TPSA) is 20.2 Å². The van der Waals surface area contributed by atoms with Gasteiger partial charge in [-0.05, 0) is 46.3 Å². The van der Waals surface area contributed by atoms with Gasteiger partial charge in [0.15, 0.2) is 0 Å². The third-order valence-corrected chi connectivity index (χ3v) is 11.9. The average Bonchev–Trinajstić information content (AvgIpc) is 3.33. The fraction of sp³-hybridized carbons (Fsp3) is 0.771. The van der Waals surface area contributed by atoms with Gasteiger partial charge in [-0.25, -0.2) is 0 Å². The van der Waals surface area contributed by atoms with Crippen molar-refractivity contribution in [1.29, 1.82) is 0 Å². The smallest absolute Gasteiger partial charge is 0.123 e. The van der Waals surface area contributed by atoms with Crippen LogP contribution < -0.4 is 0 Å². The Morgan fingerprint density at radius 1 is 0.667 bits per heavy atom. The fourth-order valence-electron chi connectivity index (χ4n) is 5.33. The Hall–Kier alpha value is -0.190. The minimum absolute atomic E-state index is 0.0829. The molecule has 1 heterocycles. The van der Waals surface area contributed by atoms with Crippen LogP contribution in [-0.2, 0) is 10.8 Å². The van der Waals surface area contributed by atoms with Crippen molar-refractivity contribution in [2.45, 2.75) is 162 Å². The lowest BCUT2D eigenvalue weighted by molar-refractivity contribution is 0.423. The van der Waals surface area contributed by atoms with E-state index in [9.17, 15) is 5.11 Å². The molecule has 0 aromatic heterocycles. The molecule has 2 rings (SSSR count). The maximum absolute atomic E-state index is 11.1. The molecule has 0 bridgehead atoms. The van der Waals surface area contributed by atoms with Crippen molar-refractivity contribution in [3.05, 3.63) is 33.1 Å². The van der Waals surface area contributed by atoms with Gasteiger partial charge in [0.2, 0.25) is 0 Å². The second-order valence-electron chi connectivity index (χ2n) is 13.7. The largest absolute Gasteiger partial charge is 0.507 e. The first-order valence-corrected chi connectivity index (χ1v) is 19.4. The molecule has 1 N–H and O–H groups in total. The summed E-state index contributed by atoms with van der Waals surface area (Å²) in [5, 5.41) is 11.1. The molecule has 1 aromatic carbocycles. The van der Waals surface area contributed by atoms with Gasteiger partial charge in [-0.3, -0.25) is 0 Å². The van der Waals surface area contributed by atoms with Crippen LogP contribution in [0.3, 0.4) is 0 Å². The normalized spacial score (nSPS) is 14.5. The van der Waals surface area contributed by atoms with E-state index in [1.165, 1.54) is 124 Å². The Labute approximate surface area is 255 Å². The minimum Gasteiger partial charge on any atom is -0.507 e. The van der Waals surface area contributed by atoms with Crippen molar-refractivity contribution in [1.82, 2.24) is 0 Å². The zero-order valence-electron chi connectivity index (χ0n) is 26.6. The third kappa shape index (κ3) is 13.1. The van der Waals surface area contributed by atoms with Gasteiger partial charge in [0.05, 0.1) is 4.24 Å². The Balaban J connectivity index is 1.68. The van der Waals surface area contributed by atoms with Gasteiger partial charge in [-0.2, -0.15) is 0 Å². The number of thioether (sulfide) groups is 1. The van der Waals surface area contributed by atoms with Crippen LogP contribution in [0.2, 0.25) is 0 Å². The number of aromatic hydroxyl groups is 1. The molecule has 0 unspecified atom stereocenters. The summed E-state index contributed by atoms with van der Waals surface area (Å²) in [5.41, 5.74) is 4.76. The number of unbranched alkanes of at least 4 members (excludes halogenated alkanes) is 15. The summed E-state index contributed by atoms with van der Waals surface area (Å²) in [6.07, 6.45) is 22.8. The number of rotatable bonds is 19. The molecule has 1 aliphatic rings. The van der Waals surface area contributed by atoms with E-state index in [0.29, 0.717) is 5.75 Å². The highest BCUT2D eigenvalue weighted by Crippen LogP contribution is 2.52. The lowest BCUT2D eigenvalue weighted by Gasteiger charge is -2.28. The van der Waals surface area contributed by atoms with Crippen molar-refractivity contribution in [2.24, 2.45) is 0 Å². The third-order valence-electron chi connectivity index (χ3n) is 7.89. The summed E-state index contributed by atoms with van der Waals surface area (Å²) >= 11 is 2.06. The van der Waals surface area contributed by atoms with Gasteiger partial charge in [-0.15, -0.1) is 11.8 Å². The van der Waals surface area contributed by atoms with Crippen molar-refractivity contribution in [3.63, 3.8) is 0 Å². The standard InChI is InChI=1S/C35H60OS3/c1-8-9-10-11-12-13-14-15-16-17-18-19-20-21-22-23-24-37-33-29(27-38-39-33)28-25-30(34(2,3)4)32(36)31(26-28)35(5,6)7/h25-26,36H,8-24,27H2,1-7H3. The molecular weight excluding hydrogens is 533 g/mol. The van der Waals surface area contributed by atoms with E-state index in [0.717, 1.165) is 16.9 Å². The molecule has 1 aliphatic heterocycles. The molecule has 0 aliphatic carbocycles. The van der Waals surface area contributed by atoms with Crippen LogP contribution in [-0.4, -0.2) is 16.6 Å². The van der Waals surface area contributed by atoms with Crippen LogP contribution in [0.25, 0.3) is 5.57 Å². The average molecular weight is 593 g/mol. The molecule has 0 fully saturated rings. The highest BCUT2D eigenvalue weighted by molar-refractivity contribution is 8.80. The van der Waals surface area contributed by atoms with Gasteiger partial charge >= 0.3 is 0 Å². The van der Waals surface area contributed by atoms with Gasteiger partial charge in [0.1, 0.15) is 5.75 Å². The quantitative estimate of drug-likeness (QED) is 0.127. The van der Waals surface area contributed by atoms with Crippen LogP contribution in [0.1, 0.15) is 168 Å². The first-order valence-electron chi connectivity index (χ1n) is 16.1. The van der Waals surface area contributed by atoms with E-state index in [1.807, 2.05) is 21.6 Å². The highest BCUT2D eigenvalue weighted by Gasteiger charge is 2.28. The molecular formula is C35H60OS3. The van der Waals surface area contributed by atoms with Crippen molar-refractivity contribution < 1.29 is 5.11 Å². The Bertz CT molecular complexity index is 825. The van der Waals surface area contributed by atoms with Gasteiger partial charge in [0, 0.05) is 16.9 Å². The highest BCUT2D eigenvalue weighted by atomic mass is 33.1. The number of phenols is 1. The molecule has 0 amide bonds. The van der Waals surface area contributed by atoms with Gasteiger partial charge in [-0.1, -0.05) is 166 Å². The molecule has 1 nitrogen and oxygen atoms in total. The van der Waals surface area contributed by atoms with E-state index < -0.39 is 0 Å². The fourth-order valence-corrected chi connectivity index (χ4v) is 9.76. The van der Waals surface area contributed by atoms with E-state index in [2.05, 4.69) is 72.4 Å². The van der Waals surface area contributed by atoms with Crippen LogP contribution in [0.4, 0.5) is 0 Å². The number of hydrogen-bond donors (Lipinski definition) is 1. The van der Waals surface area contributed by atoms with Crippen molar-refractivity contribution in [3.8, 4) is 5.75 Å². The lowest BCUT2D eigenvalue weighted by Crippen LogP contribution is -2.18. The van der Waals surface area contributed by atoms with E-state index in [4.69, 9.17) is 0 Å². The predicted octanol–water partition coefficient (Wildman–Crippen LogP) is 13.0. The number of hydrogen-bond acceptors (Lipinski definition) is 4. The molecule has 1 aromatic rings. The molecule has 39 heavy (non-hydrogen) atoms. The van der Waals surface area contributed by atoms with Crippen LogP contribution in [0.15, 0.2) is 16.4 Å². The first-order chi connectivity index (χ1) is 18.6. The Morgan fingerprint density at radius 3 is 1.49 bits per heavy atom. The van der Waals surface area contributed by atoms with Crippen LogP contribution in [0.5, 0.6) is 5.75 Å². The van der Waals surface area contributed by atoms with Crippen LogP contribution in [0, 0.1) is 0 Å². The SMILES string of the molecule is CCCCCCCCCCCCCCCCCCSC1=C(c2cc(C(C)(C)C)c(O)c(C(C)(C)C)c2)CSS1. The zero-order chi connectivity index (χ0) is 28.7. The van der Waals surface area contributed by atoms with Crippen LogP contribution >= 0.6 is 33.3 Å². The lowest BCUT2D eigenvalue weighted by atomic mass is 9.78. The monoisotopic (exact) mass is 592 g/mol. The van der Waals surface area contributed by atoms with Gasteiger partial charge in [0.25, 0.3) is 0 Å². The summed E-state index contributed by atoms with van der Waals surface area (Å²) in [4.78, 5) is 0. The summed E-state index contributed by atoms with van der Waals surface area (Å²) in [5.74, 6) is 2.77. The zero-order valence-corrected chi connectivity index (χ0v) is 29.0. The van der Waals surface area contributed by atoms with E-state index >= 15 is 0 Å². The summed E-state index contributed by atoms with van der Waals surface area (Å²) < 4.78 is 1.49. The minimum atomic E-state index is -0.0829.